The van der Waals surface area contributed by atoms with Crippen LogP contribution in [0, 0.1) is 5.82 Å². The molecule has 3 aromatic rings. The summed E-state index contributed by atoms with van der Waals surface area (Å²) < 4.78 is 13.4. The number of aromatic nitrogens is 2. The molecule has 0 fully saturated rings. The summed E-state index contributed by atoms with van der Waals surface area (Å²) in [4.78, 5) is 8.58. The number of para-hydroxylation sites is 3. The number of halogens is 2. The van der Waals surface area contributed by atoms with E-state index in [0.29, 0.717) is 11.0 Å². The van der Waals surface area contributed by atoms with Gasteiger partial charge < -0.3 is 0 Å². The first-order valence-corrected chi connectivity index (χ1v) is 4.65. The van der Waals surface area contributed by atoms with Crippen LogP contribution in [-0.4, -0.2) is 9.97 Å². The largest absolute Gasteiger partial charge is 0.244 e. The second-order valence-electron chi connectivity index (χ2n) is 3.32. The molecule has 1 heterocycles. The van der Waals surface area contributed by atoms with Crippen LogP contribution in [0.1, 0.15) is 0 Å². The van der Waals surface area contributed by atoms with Crippen molar-refractivity contribution in [1.29, 1.82) is 0 Å². The van der Waals surface area contributed by atoms with Crippen molar-refractivity contribution in [3.8, 4) is 0 Å². The number of nitrogens with zero attached hydrogens (tertiary/aromatic N) is 2. The molecule has 0 aliphatic rings. The van der Waals surface area contributed by atoms with Gasteiger partial charge in [-0.1, -0.05) is 18.2 Å². The van der Waals surface area contributed by atoms with Gasteiger partial charge in [0.1, 0.15) is 5.52 Å². The lowest BCUT2D eigenvalue weighted by Crippen LogP contribution is -1.89. The first-order valence-electron chi connectivity index (χ1n) is 4.65. The number of hydrogen-bond donors (Lipinski definition) is 0. The van der Waals surface area contributed by atoms with Crippen LogP contribution in [-0.2, 0) is 0 Å². The maximum absolute atomic E-state index is 13.4. The van der Waals surface area contributed by atoms with E-state index in [1.54, 1.807) is 12.1 Å². The van der Waals surface area contributed by atoms with E-state index in [0.717, 1.165) is 11.0 Å². The smallest absolute Gasteiger partial charge is 0.151 e. The van der Waals surface area contributed by atoms with Gasteiger partial charge in [0.25, 0.3) is 0 Å². The molecule has 2 nitrogen and oxygen atoms in total. The predicted molar refractivity (Wildman–Crippen MR) is 64.3 cm³/mol. The van der Waals surface area contributed by atoms with E-state index in [-0.39, 0.29) is 18.2 Å². The molecule has 0 atom stereocenters. The lowest BCUT2D eigenvalue weighted by Gasteiger charge is -2.00. The van der Waals surface area contributed by atoms with Gasteiger partial charge in [-0.3, -0.25) is 0 Å². The van der Waals surface area contributed by atoms with E-state index in [1.165, 1.54) is 6.07 Å². The van der Waals surface area contributed by atoms with Gasteiger partial charge in [0.15, 0.2) is 5.82 Å². The maximum atomic E-state index is 13.4. The van der Waals surface area contributed by atoms with Crippen molar-refractivity contribution in [2.75, 3.05) is 0 Å². The Morgan fingerprint density at radius 1 is 0.750 bits per heavy atom. The van der Waals surface area contributed by atoms with Crippen molar-refractivity contribution in [2.45, 2.75) is 0 Å². The van der Waals surface area contributed by atoms with E-state index in [4.69, 9.17) is 0 Å². The zero-order valence-corrected chi connectivity index (χ0v) is 9.04. The minimum atomic E-state index is -0.328. The number of rotatable bonds is 0. The standard InChI is InChI=1S/C12H7FN2.ClH/c13-8-4-3-7-11-12(8)15-10-6-2-1-5-9(10)14-11;/h1-7H;1H. The predicted octanol–water partition coefficient (Wildman–Crippen LogP) is 3.34. The molecule has 1 aromatic heterocycles. The fourth-order valence-electron chi connectivity index (χ4n) is 1.61. The van der Waals surface area contributed by atoms with Crippen molar-refractivity contribution >= 4 is 34.5 Å². The van der Waals surface area contributed by atoms with Crippen LogP contribution < -0.4 is 0 Å². The van der Waals surface area contributed by atoms with E-state index in [9.17, 15) is 4.39 Å². The summed E-state index contributed by atoms with van der Waals surface area (Å²) >= 11 is 0. The summed E-state index contributed by atoms with van der Waals surface area (Å²) in [6.45, 7) is 0. The van der Waals surface area contributed by atoms with Crippen molar-refractivity contribution in [3.63, 3.8) is 0 Å². The molecule has 0 unspecified atom stereocenters. The summed E-state index contributed by atoms with van der Waals surface area (Å²) in [6, 6.07) is 12.2. The number of fused-ring (bicyclic) bond motifs is 2. The summed E-state index contributed by atoms with van der Waals surface area (Å²) in [6.07, 6.45) is 0. The molecule has 0 saturated heterocycles. The monoisotopic (exact) mass is 234 g/mol. The van der Waals surface area contributed by atoms with Crippen molar-refractivity contribution < 1.29 is 4.39 Å². The highest BCUT2D eigenvalue weighted by atomic mass is 35.5. The van der Waals surface area contributed by atoms with Crippen molar-refractivity contribution in [1.82, 2.24) is 9.97 Å². The zero-order valence-electron chi connectivity index (χ0n) is 8.22. The molecule has 3 rings (SSSR count). The third-order valence-electron chi connectivity index (χ3n) is 2.32. The Balaban J connectivity index is 0.000000963. The molecule has 0 spiro atoms. The molecule has 4 heteroatoms. The van der Waals surface area contributed by atoms with Crippen LogP contribution in [0.4, 0.5) is 4.39 Å². The van der Waals surface area contributed by atoms with Gasteiger partial charge in [0.2, 0.25) is 0 Å². The molecule has 0 saturated carbocycles. The van der Waals surface area contributed by atoms with Gasteiger partial charge in [-0.05, 0) is 24.3 Å². The molecule has 80 valence electrons. The number of hydrogen-bond acceptors (Lipinski definition) is 2. The Bertz CT molecular complexity index is 655. The van der Waals surface area contributed by atoms with E-state index < -0.39 is 0 Å². The highest BCUT2D eigenvalue weighted by molar-refractivity contribution is 5.86. The molecule has 0 bridgehead atoms. The van der Waals surface area contributed by atoms with Crippen LogP contribution in [0.2, 0.25) is 0 Å². The minimum absolute atomic E-state index is 0. The molecular weight excluding hydrogens is 227 g/mol. The van der Waals surface area contributed by atoms with Gasteiger partial charge in [0.05, 0.1) is 16.6 Å². The van der Waals surface area contributed by atoms with Gasteiger partial charge in [-0.2, -0.15) is 0 Å². The van der Waals surface area contributed by atoms with Crippen LogP contribution in [0.3, 0.4) is 0 Å². The van der Waals surface area contributed by atoms with Gasteiger partial charge in [0, 0.05) is 0 Å². The minimum Gasteiger partial charge on any atom is -0.244 e. The first kappa shape index (κ1) is 10.8. The molecule has 0 aliphatic heterocycles. The van der Waals surface area contributed by atoms with E-state index in [1.807, 2.05) is 24.3 Å². The summed E-state index contributed by atoms with van der Waals surface area (Å²) in [5, 5.41) is 0. The topological polar surface area (TPSA) is 25.8 Å². The fraction of sp³-hybridized carbons (Fsp3) is 0. The Hall–Kier alpha value is -1.74. The fourth-order valence-corrected chi connectivity index (χ4v) is 1.61. The average Bonchev–Trinajstić information content (AvgIpc) is 2.27. The summed E-state index contributed by atoms with van der Waals surface area (Å²) in [7, 11) is 0. The summed E-state index contributed by atoms with van der Waals surface area (Å²) in [5.74, 6) is -0.328. The van der Waals surface area contributed by atoms with Gasteiger partial charge in [-0.25, -0.2) is 14.4 Å². The van der Waals surface area contributed by atoms with Crippen LogP contribution >= 0.6 is 12.4 Å². The average molecular weight is 235 g/mol. The Kier molecular flexibility index (Phi) is 2.71. The normalized spacial score (nSPS) is 10.3. The van der Waals surface area contributed by atoms with Crippen molar-refractivity contribution in [2.24, 2.45) is 0 Å². The molecule has 0 aliphatic carbocycles. The van der Waals surface area contributed by atoms with E-state index >= 15 is 0 Å². The van der Waals surface area contributed by atoms with Crippen LogP contribution in [0.15, 0.2) is 42.5 Å². The summed E-state index contributed by atoms with van der Waals surface area (Å²) in [5.41, 5.74) is 2.43. The van der Waals surface area contributed by atoms with Gasteiger partial charge in [-0.15, -0.1) is 12.4 Å². The number of benzene rings is 2. The first-order chi connectivity index (χ1) is 7.34. The second kappa shape index (κ2) is 4.02. The zero-order chi connectivity index (χ0) is 10.3. The molecule has 0 radical (unpaired) electrons. The lowest BCUT2D eigenvalue weighted by atomic mass is 10.2. The third-order valence-corrected chi connectivity index (χ3v) is 2.32. The van der Waals surface area contributed by atoms with Crippen molar-refractivity contribution in [3.05, 3.63) is 48.3 Å². The second-order valence-corrected chi connectivity index (χ2v) is 3.32. The Morgan fingerprint density at radius 2 is 1.38 bits per heavy atom. The molecule has 0 amide bonds. The highest BCUT2D eigenvalue weighted by Gasteiger charge is 2.04. The molecule has 2 aromatic carbocycles. The molecular formula is C12H8ClFN2. The van der Waals surface area contributed by atoms with Crippen LogP contribution in [0.25, 0.3) is 22.1 Å². The maximum Gasteiger partial charge on any atom is 0.151 e. The third kappa shape index (κ3) is 1.59. The van der Waals surface area contributed by atoms with Gasteiger partial charge >= 0.3 is 0 Å². The highest BCUT2D eigenvalue weighted by Crippen LogP contribution is 2.17. The lowest BCUT2D eigenvalue weighted by molar-refractivity contribution is 0.637. The SMILES string of the molecule is Cl.Fc1cccc2nc3ccccc3nc12. The molecule has 16 heavy (non-hydrogen) atoms. The van der Waals surface area contributed by atoms with E-state index in [2.05, 4.69) is 9.97 Å². The Labute approximate surface area is 97.6 Å². The van der Waals surface area contributed by atoms with Crippen LogP contribution in [0.5, 0.6) is 0 Å². The molecule has 0 N–H and O–H groups in total. The quantitative estimate of drug-likeness (QED) is 0.558. The Morgan fingerprint density at radius 3 is 2.12 bits per heavy atom.